The Morgan fingerprint density at radius 1 is 0.688 bits per heavy atom. The number of aliphatic hydroxyl groups excluding tert-OH is 4. The summed E-state index contributed by atoms with van der Waals surface area (Å²) in [7, 11) is 0. The van der Waals surface area contributed by atoms with Gasteiger partial charge in [-0.25, -0.2) is 0 Å². The molecule has 64 heavy (non-hydrogen) atoms. The van der Waals surface area contributed by atoms with Crippen molar-refractivity contribution >= 4 is 0 Å². The molecular formula is C50H78O14. The van der Waals surface area contributed by atoms with E-state index in [0.29, 0.717) is 69.8 Å². The Balaban J connectivity index is 0.822. The number of hydrogen-bond acceptors (Lipinski definition) is 14. The maximum atomic E-state index is 11.4. The quantitative estimate of drug-likeness (QED) is 0.269. The van der Waals surface area contributed by atoms with Gasteiger partial charge in [0.25, 0.3) is 0 Å². The molecule has 9 fully saturated rings. The van der Waals surface area contributed by atoms with Crippen molar-refractivity contribution in [1.29, 1.82) is 0 Å². The predicted molar refractivity (Wildman–Crippen MR) is 233 cm³/mol. The zero-order valence-corrected chi connectivity index (χ0v) is 39.3. The number of aliphatic hydroxyl groups is 4. The van der Waals surface area contributed by atoms with Gasteiger partial charge in [0.15, 0.2) is 0 Å². The fourth-order valence-electron chi connectivity index (χ4n) is 14.0. The molecular weight excluding hydrogens is 825 g/mol. The Bertz CT molecular complexity index is 1750. The molecule has 0 bridgehead atoms. The van der Waals surface area contributed by atoms with Crippen LogP contribution in [-0.2, 0) is 47.4 Å². The minimum absolute atomic E-state index is 0.0182. The van der Waals surface area contributed by atoms with E-state index in [1.54, 1.807) is 0 Å². The number of ether oxygens (including phenoxy) is 10. The van der Waals surface area contributed by atoms with Crippen LogP contribution < -0.4 is 0 Å². The van der Waals surface area contributed by atoms with E-state index < -0.39 is 40.2 Å². The fourth-order valence-corrected chi connectivity index (χ4v) is 14.0. The van der Waals surface area contributed by atoms with Gasteiger partial charge in [-0.05, 0) is 90.6 Å². The van der Waals surface area contributed by atoms with E-state index in [1.165, 1.54) is 0 Å². The SMILES string of the molecule is C=C(CO)C[C@@H]1C[C@H](O)[C@]2(C)O[C@@H]3C[C@@H]4O[C@@H]5C[C@]6(C)O[C@]7(C)CC[C@@H]8O[C@@H]9C[C@]%10(C)O[C@H](C(C)CCO)[C@@H](O)C[C@H]%10O[C@H]9C[C@@H](C)[C@H]8O[C@H]7C[C@H]6O[C@@]5(C)C/C=C\[C@H]4O[C@H]3C[C@H]2O1. The molecule has 0 spiro atoms. The van der Waals surface area contributed by atoms with Crippen LogP contribution in [0, 0.1) is 11.8 Å². The lowest BCUT2D eigenvalue weighted by Crippen LogP contribution is -2.70. The first-order chi connectivity index (χ1) is 30.3. The summed E-state index contributed by atoms with van der Waals surface area (Å²) >= 11 is 0. The second-order valence-electron chi connectivity index (χ2n) is 23.1. The van der Waals surface area contributed by atoms with E-state index in [0.717, 1.165) is 19.3 Å². The molecule has 0 aromatic rings. The summed E-state index contributed by atoms with van der Waals surface area (Å²) < 4.78 is 69.9. The van der Waals surface area contributed by atoms with Crippen LogP contribution in [0.4, 0.5) is 0 Å². The van der Waals surface area contributed by atoms with E-state index in [4.69, 9.17) is 47.4 Å². The second-order valence-corrected chi connectivity index (χ2v) is 23.1. The lowest BCUT2D eigenvalue weighted by molar-refractivity contribution is -0.356. The summed E-state index contributed by atoms with van der Waals surface area (Å²) in [5, 5.41) is 41.8. The lowest BCUT2D eigenvalue weighted by Gasteiger charge is -2.60. The Hall–Kier alpha value is -1.08. The highest BCUT2D eigenvalue weighted by atomic mass is 16.6. The molecule has 0 amide bonds. The van der Waals surface area contributed by atoms with Crippen molar-refractivity contribution < 1.29 is 67.8 Å². The van der Waals surface area contributed by atoms with E-state index in [1.807, 2.05) is 13.8 Å². The van der Waals surface area contributed by atoms with Crippen molar-refractivity contribution in [2.75, 3.05) is 13.2 Å². The molecule has 10 aliphatic rings. The topological polar surface area (TPSA) is 173 Å². The Morgan fingerprint density at radius 3 is 2.23 bits per heavy atom. The molecule has 0 aromatic carbocycles. The van der Waals surface area contributed by atoms with Crippen LogP contribution in [0.2, 0.25) is 0 Å². The maximum absolute atomic E-state index is 11.4. The molecule has 10 rings (SSSR count). The van der Waals surface area contributed by atoms with Crippen molar-refractivity contribution in [2.45, 2.75) is 264 Å². The molecule has 0 saturated carbocycles. The van der Waals surface area contributed by atoms with E-state index in [2.05, 4.69) is 53.3 Å². The number of rotatable bonds is 6. The third kappa shape index (κ3) is 8.14. The Kier molecular flexibility index (Phi) is 12.5. The van der Waals surface area contributed by atoms with Gasteiger partial charge in [-0.3, -0.25) is 0 Å². The third-order valence-corrected chi connectivity index (χ3v) is 18.0. The third-order valence-electron chi connectivity index (χ3n) is 18.0. The average molecular weight is 903 g/mol. The summed E-state index contributed by atoms with van der Waals surface area (Å²) in [5.41, 5.74) is -2.62. The summed E-state index contributed by atoms with van der Waals surface area (Å²) in [4.78, 5) is 0. The van der Waals surface area contributed by atoms with Crippen LogP contribution in [0.3, 0.4) is 0 Å². The van der Waals surface area contributed by atoms with Gasteiger partial charge in [0.1, 0.15) is 11.7 Å². The molecule has 4 N–H and O–H groups in total. The fraction of sp³-hybridized carbons (Fsp3) is 0.920. The zero-order chi connectivity index (χ0) is 45.1. The van der Waals surface area contributed by atoms with Crippen LogP contribution in [0.5, 0.6) is 0 Å². The van der Waals surface area contributed by atoms with E-state index in [9.17, 15) is 20.4 Å². The van der Waals surface area contributed by atoms with Crippen LogP contribution in [-0.4, -0.2) is 165 Å². The molecule has 0 aliphatic carbocycles. The van der Waals surface area contributed by atoms with Gasteiger partial charge in [0.2, 0.25) is 0 Å². The summed E-state index contributed by atoms with van der Waals surface area (Å²) in [6.45, 7) is 18.8. The monoisotopic (exact) mass is 903 g/mol. The molecule has 14 nitrogen and oxygen atoms in total. The molecule has 14 heteroatoms. The van der Waals surface area contributed by atoms with Crippen LogP contribution >= 0.6 is 0 Å². The maximum Gasteiger partial charge on any atom is 0.118 e. The summed E-state index contributed by atoms with van der Waals surface area (Å²) in [5.74, 6) is 0.185. The smallest absolute Gasteiger partial charge is 0.118 e. The summed E-state index contributed by atoms with van der Waals surface area (Å²) in [6, 6.07) is 0. The summed E-state index contributed by atoms with van der Waals surface area (Å²) in [6.07, 6.45) is 7.70. The van der Waals surface area contributed by atoms with Gasteiger partial charge in [-0.2, -0.15) is 0 Å². The lowest BCUT2D eigenvalue weighted by atomic mass is 9.72. The first-order valence-electron chi connectivity index (χ1n) is 24.9. The van der Waals surface area contributed by atoms with Crippen LogP contribution in [0.15, 0.2) is 24.3 Å². The van der Waals surface area contributed by atoms with Crippen molar-refractivity contribution in [3.8, 4) is 0 Å². The molecule has 9 saturated heterocycles. The van der Waals surface area contributed by atoms with Crippen LogP contribution in [0.1, 0.15) is 132 Å². The molecule has 1 unspecified atom stereocenters. The Morgan fingerprint density at radius 2 is 1.45 bits per heavy atom. The minimum Gasteiger partial charge on any atom is -0.396 e. The van der Waals surface area contributed by atoms with Gasteiger partial charge >= 0.3 is 0 Å². The molecule has 362 valence electrons. The van der Waals surface area contributed by atoms with Crippen LogP contribution in [0.25, 0.3) is 0 Å². The zero-order valence-electron chi connectivity index (χ0n) is 39.3. The largest absolute Gasteiger partial charge is 0.396 e. The van der Waals surface area contributed by atoms with Gasteiger partial charge in [0, 0.05) is 51.6 Å². The van der Waals surface area contributed by atoms with Gasteiger partial charge in [0.05, 0.1) is 127 Å². The number of fused-ring (bicyclic) bond motifs is 9. The number of hydrogen-bond donors (Lipinski definition) is 4. The molecule has 10 aliphatic heterocycles. The molecule has 24 atom stereocenters. The van der Waals surface area contributed by atoms with Crippen molar-refractivity contribution in [3.63, 3.8) is 0 Å². The molecule has 0 radical (unpaired) electrons. The van der Waals surface area contributed by atoms with Gasteiger partial charge < -0.3 is 67.8 Å². The standard InChI is InChI=1S/C50H78O14/c1-26(25-52)16-29-18-38(54)50(8)42(55-29)21-35-36(61-50)20-34-31(56-35)10-9-13-46(4)43(59-34)24-49(7)41(62-46)22-40-47(5,64-49)14-11-32-45(60-40)28(3)17-33-37(57-32)23-48(6)39(58-33)19-30(53)44(63-48)27(2)12-15-51/h9-10,27-45,51-54H,1,11-25H2,2-8H3/b10-9-/t27?,28-,29-,30+,31-,32+,33+,34+,35+,36-,37-,38+,39-,40+,41-,42-,43-,44-,45-,46+,47-,48+,49+,50+/m1/s1. The highest BCUT2D eigenvalue weighted by Crippen LogP contribution is 2.55. The highest BCUT2D eigenvalue weighted by Gasteiger charge is 2.64. The first-order valence-corrected chi connectivity index (χ1v) is 24.9. The van der Waals surface area contributed by atoms with Crippen molar-refractivity contribution in [2.24, 2.45) is 11.8 Å². The first kappa shape index (κ1) is 46.6. The van der Waals surface area contributed by atoms with Gasteiger partial charge in [-0.15, -0.1) is 0 Å². The molecule has 10 heterocycles. The van der Waals surface area contributed by atoms with Crippen molar-refractivity contribution in [3.05, 3.63) is 24.3 Å². The Labute approximate surface area is 379 Å². The molecule has 0 aromatic heterocycles. The van der Waals surface area contributed by atoms with E-state index in [-0.39, 0.29) is 117 Å². The minimum atomic E-state index is -0.887. The second kappa shape index (κ2) is 17.1. The van der Waals surface area contributed by atoms with Gasteiger partial charge in [-0.1, -0.05) is 32.6 Å². The van der Waals surface area contributed by atoms with E-state index >= 15 is 0 Å². The average Bonchev–Trinajstić information content (AvgIpc) is 3.43. The normalized spacial score (nSPS) is 56.7. The highest BCUT2D eigenvalue weighted by molar-refractivity contribution is 5.15. The predicted octanol–water partition coefficient (Wildman–Crippen LogP) is 4.77. The van der Waals surface area contributed by atoms with Crippen molar-refractivity contribution in [1.82, 2.24) is 0 Å².